The third kappa shape index (κ3) is 4.05. The van der Waals surface area contributed by atoms with E-state index in [1.54, 1.807) is 17.1 Å². The minimum Gasteiger partial charge on any atom is -0.495 e. The highest BCUT2D eigenvalue weighted by molar-refractivity contribution is 5.69. The van der Waals surface area contributed by atoms with Crippen LogP contribution in [0.3, 0.4) is 0 Å². The van der Waals surface area contributed by atoms with Crippen LogP contribution in [0.1, 0.15) is 41.3 Å². The van der Waals surface area contributed by atoms with Crippen molar-refractivity contribution >= 4 is 12.2 Å². The molecule has 0 saturated heterocycles. The van der Waals surface area contributed by atoms with Gasteiger partial charge in [-0.05, 0) is 55.7 Å². The normalized spacial score (nSPS) is 17.5. The molecule has 4 aromatic rings. The second-order valence-electron chi connectivity index (χ2n) is 8.54. The predicted octanol–water partition coefficient (Wildman–Crippen LogP) is 4.54. The van der Waals surface area contributed by atoms with E-state index in [4.69, 9.17) is 4.74 Å². The summed E-state index contributed by atoms with van der Waals surface area (Å²) in [4.78, 5) is 8.47. The summed E-state index contributed by atoms with van der Waals surface area (Å²) in [5, 5.41) is 15.6. The molecule has 7 nitrogen and oxygen atoms in total. The van der Waals surface area contributed by atoms with Crippen molar-refractivity contribution < 1.29 is 27.4 Å². The first-order valence-electron chi connectivity index (χ1n) is 11.1. The second kappa shape index (κ2) is 8.90. The van der Waals surface area contributed by atoms with E-state index in [1.165, 1.54) is 36.1 Å². The van der Waals surface area contributed by atoms with Crippen molar-refractivity contribution in [2.24, 2.45) is 0 Å². The molecule has 2 aromatic carbocycles. The summed E-state index contributed by atoms with van der Waals surface area (Å²) in [7, 11) is 1.47. The number of fused-ring (bicyclic) bond motifs is 1. The van der Waals surface area contributed by atoms with Crippen LogP contribution in [-0.4, -0.2) is 36.5 Å². The number of imidazole rings is 1. The zero-order valence-electron chi connectivity index (χ0n) is 19.3. The Kier molecular flexibility index (Phi) is 5.87. The summed E-state index contributed by atoms with van der Waals surface area (Å²) in [5.74, 6) is -4.33. The quantitative estimate of drug-likeness (QED) is 0.322. The molecule has 186 valence electrons. The first-order valence-corrected chi connectivity index (χ1v) is 11.1. The Morgan fingerprint density at radius 3 is 2.47 bits per heavy atom. The molecule has 0 aliphatic carbocycles. The van der Waals surface area contributed by atoms with Crippen LogP contribution in [0.2, 0.25) is 0 Å². The van der Waals surface area contributed by atoms with Gasteiger partial charge < -0.3 is 14.4 Å². The van der Waals surface area contributed by atoms with E-state index < -0.39 is 28.9 Å². The summed E-state index contributed by atoms with van der Waals surface area (Å²) in [5.41, 5.74) is -0.581. The largest absolute Gasteiger partial charge is 0.495 e. The molecule has 0 spiro atoms. The molecule has 1 unspecified atom stereocenters. The molecule has 1 atom stereocenters. The third-order valence-corrected chi connectivity index (χ3v) is 6.13. The molecule has 36 heavy (non-hydrogen) atoms. The molecule has 3 heterocycles. The van der Waals surface area contributed by atoms with Crippen molar-refractivity contribution in [3.8, 4) is 11.4 Å². The van der Waals surface area contributed by atoms with Crippen molar-refractivity contribution in [3.05, 3.63) is 88.5 Å². The molecular formula is C25H21F4N5O2. The number of rotatable bonds is 5. The van der Waals surface area contributed by atoms with E-state index in [1.807, 2.05) is 6.92 Å². The number of ether oxygens (including phenoxy) is 1. The predicted molar refractivity (Wildman–Crippen MR) is 122 cm³/mol. The highest BCUT2D eigenvalue weighted by atomic mass is 19.2. The number of halogens is 4. The van der Waals surface area contributed by atoms with E-state index in [-0.39, 0.29) is 29.2 Å². The van der Waals surface area contributed by atoms with Crippen LogP contribution in [0.5, 0.6) is 5.75 Å². The molecule has 0 radical (unpaired) electrons. The fourth-order valence-corrected chi connectivity index (χ4v) is 4.33. The van der Waals surface area contributed by atoms with Crippen LogP contribution in [0, 0.1) is 30.2 Å². The Morgan fingerprint density at radius 2 is 1.81 bits per heavy atom. The molecule has 0 bridgehead atoms. The van der Waals surface area contributed by atoms with E-state index in [0.29, 0.717) is 24.4 Å². The van der Waals surface area contributed by atoms with Gasteiger partial charge in [-0.2, -0.15) is 5.10 Å². The van der Waals surface area contributed by atoms with Gasteiger partial charge in [0.05, 0.1) is 24.8 Å². The van der Waals surface area contributed by atoms with Gasteiger partial charge in [-0.25, -0.2) is 32.2 Å². The lowest BCUT2D eigenvalue weighted by Crippen LogP contribution is -2.36. The highest BCUT2D eigenvalue weighted by Gasteiger charge is 2.40. The van der Waals surface area contributed by atoms with Crippen LogP contribution < -0.4 is 4.74 Å². The van der Waals surface area contributed by atoms with Crippen molar-refractivity contribution in [3.63, 3.8) is 0 Å². The van der Waals surface area contributed by atoms with Crippen molar-refractivity contribution in [1.82, 2.24) is 24.3 Å². The van der Waals surface area contributed by atoms with Gasteiger partial charge in [-0.1, -0.05) is 0 Å². The topological polar surface area (TPSA) is 78.0 Å². The Labute approximate surface area is 203 Å². The fraction of sp³-hybridized carbons (Fsp3) is 0.240. The van der Waals surface area contributed by atoms with Gasteiger partial charge in [0.15, 0.2) is 29.1 Å². The van der Waals surface area contributed by atoms with Gasteiger partial charge in [0.1, 0.15) is 17.2 Å². The third-order valence-electron chi connectivity index (χ3n) is 6.13. The van der Waals surface area contributed by atoms with Crippen LogP contribution in [0.4, 0.5) is 17.6 Å². The van der Waals surface area contributed by atoms with Crippen molar-refractivity contribution in [2.45, 2.75) is 31.9 Å². The number of aromatic nitrogens is 5. The molecule has 1 N–H and O–H groups in total. The first kappa shape index (κ1) is 23.7. The van der Waals surface area contributed by atoms with E-state index in [9.17, 15) is 22.7 Å². The number of hydrogen-bond donors (Lipinski definition) is 1. The zero-order chi connectivity index (χ0) is 25.6. The zero-order valence-corrected chi connectivity index (χ0v) is 19.3. The minimum atomic E-state index is -1.87. The van der Waals surface area contributed by atoms with Crippen LogP contribution in [0.25, 0.3) is 17.8 Å². The lowest BCUT2D eigenvalue weighted by Gasteiger charge is -2.31. The minimum absolute atomic E-state index is 0.0580. The molecule has 11 heteroatoms. The maximum absolute atomic E-state index is 14.9. The Morgan fingerprint density at radius 1 is 1.06 bits per heavy atom. The lowest BCUT2D eigenvalue weighted by atomic mass is 9.86. The first-order chi connectivity index (χ1) is 17.2. The molecule has 1 aliphatic rings. The average molecular weight is 499 g/mol. The smallest absolute Gasteiger partial charge is 0.194 e. The molecule has 0 amide bonds. The Balaban J connectivity index is 1.49. The summed E-state index contributed by atoms with van der Waals surface area (Å²) < 4.78 is 64.6. The van der Waals surface area contributed by atoms with Crippen LogP contribution in [-0.2, 0) is 12.1 Å². The Bertz CT molecular complexity index is 1470. The molecule has 0 saturated carbocycles. The monoisotopic (exact) mass is 499 g/mol. The van der Waals surface area contributed by atoms with E-state index >= 15 is 0 Å². The van der Waals surface area contributed by atoms with E-state index in [0.717, 1.165) is 17.8 Å². The molecular weight excluding hydrogens is 478 g/mol. The average Bonchev–Trinajstić information content (AvgIpc) is 3.48. The standard InChI is InChI=1S/C25H21F4N5O2/c1-14-12-33(13-30-14)20-11-17(26)15(8-21(20)36-2)4-5-22-31-24-25(35,6-3-7-34(24)32-22)16-9-18(27)23(29)19(28)10-16/h4-5,8-13,35H,3,6-7H2,1-2H3. The van der Waals surface area contributed by atoms with E-state index in [2.05, 4.69) is 15.1 Å². The SMILES string of the molecule is COc1cc(C=Cc2nc3n(n2)CCCC3(O)c2cc(F)c(F)c(F)c2)c(F)cc1-n1cnc(C)c1. The molecule has 5 rings (SSSR count). The Hall–Kier alpha value is -3.99. The molecule has 2 aromatic heterocycles. The second-order valence-corrected chi connectivity index (χ2v) is 8.54. The number of aryl methyl sites for hydroxylation is 2. The summed E-state index contributed by atoms with van der Waals surface area (Å²) in [6, 6.07) is 4.35. The van der Waals surface area contributed by atoms with Gasteiger partial charge in [-0.15, -0.1) is 0 Å². The number of aliphatic hydroxyl groups is 1. The van der Waals surface area contributed by atoms with Crippen molar-refractivity contribution in [1.29, 1.82) is 0 Å². The van der Waals surface area contributed by atoms with Gasteiger partial charge in [0, 0.05) is 24.4 Å². The van der Waals surface area contributed by atoms with Gasteiger partial charge in [0.25, 0.3) is 0 Å². The van der Waals surface area contributed by atoms with Gasteiger partial charge in [0.2, 0.25) is 0 Å². The number of hydrogen-bond acceptors (Lipinski definition) is 5. The maximum atomic E-state index is 14.9. The molecule has 1 aliphatic heterocycles. The van der Waals surface area contributed by atoms with Crippen molar-refractivity contribution in [2.75, 3.05) is 7.11 Å². The maximum Gasteiger partial charge on any atom is 0.194 e. The van der Waals surface area contributed by atoms with Crippen LogP contribution >= 0.6 is 0 Å². The summed E-state index contributed by atoms with van der Waals surface area (Å²) >= 11 is 0. The summed E-state index contributed by atoms with van der Waals surface area (Å²) in [6.07, 6.45) is 6.76. The highest BCUT2D eigenvalue weighted by Crippen LogP contribution is 2.38. The van der Waals surface area contributed by atoms with Crippen LogP contribution in [0.15, 0.2) is 36.8 Å². The number of benzene rings is 2. The van der Waals surface area contributed by atoms with Gasteiger partial charge >= 0.3 is 0 Å². The summed E-state index contributed by atoms with van der Waals surface area (Å²) in [6.45, 7) is 2.23. The molecule has 0 fully saturated rings. The fourth-order valence-electron chi connectivity index (χ4n) is 4.33. The lowest BCUT2D eigenvalue weighted by molar-refractivity contribution is 0.0387. The van der Waals surface area contributed by atoms with Gasteiger partial charge in [-0.3, -0.25) is 0 Å². The number of methoxy groups -OCH3 is 1. The number of nitrogens with zero attached hydrogens (tertiary/aromatic N) is 5.